The van der Waals surface area contributed by atoms with Gasteiger partial charge >= 0.3 is 5.97 Å². The number of carbonyl (C=O) groups is 1. The second-order valence-corrected chi connectivity index (χ2v) is 9.31. The van der Waals surface area contributed by atoms with E-state index in [9.17, 15) is 9.90 Å². The molecule has 5 heteroatoms. The van der Waals surface area contributed by atoms with Crippen molar-refractivity contribution >= 4 is 12.2 Å². The predicted molar refractivity (Wildman–Crippen MR) is 135 cm³/mol. The molecule has 0 spiro atoms. The second-order valence-electron chi connectivity index (χ2n) is 9.31. The van der Waals surface area contributed by atoms with Crippen LogP contribution in [-0.4, -0.2) is 37.1 Å². The van der Waals surface area contributed by atoms with Crippen LogP contribution in [0.4, 0.5) is 0 Å². The van der Waals surface area contributed by atoms with E-state index in [2.05, 4.69) is 25.3 Å². The Morgan fingerprint density at radius 3 is 2.68 bits per heavy atom. The third-order valence-electron chi connectivity index (χ3n) is 7.00. The minimum absolute atomic E-state index is 0.0214. The summed E-state index contributed by atoms with van der Waals surface area (Å²) < 4.78 is 11.5. The summed E-state index contributed by atoms with van der Waals surface area (Å²) in [5.74, 6) is 0.249. The zero-order valence-corrected chi connectivity index (χ0v) is 20.2. The highest BCUT2D eigenvalue weighted by atomic mass is 16.5. The molecule has 2 aromatic rings. The predicted octanol–water partition coefficient (Wildman–Crippen LogP) is 5.96. The van der Waals surface area contributed by atoms with Gasteiger partial charge in [0.15, 0.2) is 0 Å². The normalized spacial score (nSPS) is 21.9. The Morgan fingerprint density at radius 1 is 1.15 bits per heavy atom. The smallest absolute Gasteiger partial charge is 0.338 e. The fraction of sp³-hybridized carbons (Fsp3) is 0.448. The number of aliphatic hydroxyl groups excluding tert-OH is 1. The Morgan fingerprint density at radius 2 is 1.94 bits per heavy atom. The first-order chi connectivity index (χ1) is 16.6. The maximum atomic E-state index is 12.1. The van der Waals surface area contributed by atoms with Crippen molar-refractivity contribution in [3.05, 3.63) is 70.9 Å². The molecule has 1 aliphatic carbocycles. The molecule has 4 rings (SSSR count). The monoisotopic (exact) mass is 461 g/mol. The SMILES string of the molecule is CCCCC1C=NC2=C(CC(CO)CC2)C1OCc1ccc(-c2ccccc2C(=O)OC)cc1. The summed E-state index contributed by atoms with van der Waals surface area (Å²) in [6.45, 7) is 2.95. The minimum atomic E-state index is -0.335. The Hall–Kier alpha value is -2.76. The zero-order valence-electron chi connectivity index (χ0n) is 20.2. The van der Waals surface area contributed by atoms with Crippen LogP contribution >= 0.6 is 0 Å². The maximum Gasteiger partial charge on any atom is 0.338 e. The molecule has 0 amide bonds. The van der Waals surface area contributed by atoms with Gasteiger partial charge in [-0.1, -0.05) is 62.2 Å². The summed E-state index contributed by atoms with van der Waals surface area (Å²) in [4.78, 5) is 16.9. The maximum absolute atomic E-state index is 12.1. The Bertz CT molecular complexity index is 1040. The number of hydrogen-bond acceptors (Lipinski definition) is 5. The molecule has 0 bridgehead atoms. The van der Waals surface area contributed by atoms with Crippen LogP contribution in [0.15, 0.2) is 64.8 Å². The van der Waals surface area contributed by atoms with E-state index in [4.69, 9.17) is 14.5 Å². The molecule has 1 aliphatic heterocycles. The standard InChI is InChI=1S/C29H35NO4/c1-3-4-7-23-17-30-27-15-12-21(18-31)16-26(27)28(23)34-19-20-10-13-22(14-11-20)24-8-5-6-9-25(24)29(32)33-2/h5-6,8-11,13-14,17,21,23,28,31H,3-4,7,12,15-16,18-19H2,1-2H3. The van der Waals surface area contributed by atoms with E-state index >= 15 is 0 Å². The van der Waals surface area contributed by atoms with Crippen molar-refractivity contribution in [2.45, 2.75) is 58.2 Å². The number of unbranched alkanes of at least 4 members (excludes halogenated alkanes) is 1. The van der Waals surface area contributed by atoms with Crippen LogP contribution in [-0.2, 0) is 16.1 Å². The first-order valence-electron chi connectivity index (χ1n) is 12.4. The number of aliphatic hydroxyl groups is 1. The molecule has 3 atom stereocenters. The molecule has 1 N–H and O–H groups in total. The lowest BCUT2D eigenvalue weighted by Crippen LogP contribution is -2.34. The third kappa shape index (κ3) is 5.48. The summed E-state index contributed by atoms with van der Waals surface area (Å²) in [6.07, 6.45) is 8.28. The van der Waals surface area contributed by atoms with Crippen molar-refractivity contribution in [3.8, 4) is 11.1 Å². The molecule has 0 fully saturated rings. The Balaban J connectivity index is 1.50. The van der Waals surface area contributed by atoms with Crippen LogP contribution in [0, 0.1) is 11.8 Å². The number of aliphatic imine (C=N–C) groups is 1. The second kappa shape index (κ2) is 11.6. The van der Waals surface area contributed by atoms with E-state index in [1.807, 2.05) is 30.3 Å². The van der Waals surface area contributed by atoms with Crippen molar-refractivity contribution < 1.29 is 19.4 Å². The van der Waals surface area contributed by atoms with Gasteiger partial charge in [-0.3, -0.25) is 4.99 Å². The lowest BCUT2D eigenvalue weighted by molar-refractivity contribution is 0.0326. The largest absolute Gasteiger partial charge is 0.465 e. The van der Waals surface area contributed by atoms with E-state index in [1.165, 1.54) is 12.7 Å². The van der Waals surface area contributed by atoms with Gasteiger partial charge < -0.3 is 14.6 Å². The van der Waals surface area contributed by atoms with Gasteiger partial charge in [0.05, 0.1) is 25.4 Å². The summed E-state index contributed by atoms with van der Waals surface area (Å²) >= 11 is 0. The molecule has 3 unspecified atom stereocenters. The average Bonchev–Trinajstić information content (AvgIpc) is 2.90. The summed E-state index contributed by atoms with van der Waals surface area (Å²) in [5.41, 5.74) is 5.93. The van der Waals surface area contributed by atoms with E-state index in [1.54, 1.807) is 6.07 Å². The number of allylic oxidation sites excluding steroid dienone is 1. The van der Waals surface area contributed by atoms with Gasteiger partial charge in [0, 0.05) is 24.4 Å². The lowest BCUT2D eigenvalue weighted by Gasteiger charge is -2.36. The minimum Gasteiger partial charge on any atom is -0.465 e. The van der Waals surface area contributed by atoms with Gasteiger partial charge in [0.1, 0.15) is 0 Å². The molecule has 2 aliphatic rings. The van der Waals surface area contributed by atoms with Crippen molar-refractivity contribution in [3.63, 3.8) is 0 Å². The van der Waals surface area contributed by atoms with E-state index in [-0.39, 0.29) is 24.6 Å². The number of hydrogen-bond donors (Lipinski definition) is 1. The number of methoxy groups -OCH3 is 1. The van der Waals surface area contributed by atoms with Crippen molar-refractivity contribution in [2.24, 2.45) is 16.8 Å². The Labute approximate surface area is 202 Å². The molecular formula is C29H35NO4. The lowest BCUT2D eigenvalue weighted by atomic mass is 9.79. The quantitative estimate of drug-likeness (QED) is 0.468. The fourth-order valence-electron chi connectivity index (χ4n) is 5.02. The Kier molecular flexibility index (Phi) is 8.30. The number of nitrogens with zero attached hydrogens (tertiary/aromatic N) is 1. The van der Waals surface area contributed by atoms with Crippen molar-refractivity contribution in [2.75, 3.05) is 13.7 Å². The van der Waals surface area contributed by atoms with E-state index < -0.39 is 0 Å². The number of rotatable bonds is 9. The van der Waals surface area contributed by atoms with Crippen LogP contribution in [0.25, 0.3) is 11.1 Å². The molecule has 5 nitrogen and oxygen atoms in total. The van der Waals surface area contributed by atoms with Crippen LogP contribution in [0.5, 0.6) is 0 Å². The number of esters is 1. The number of carbonyl (C=O) groups excluding carboxylic acids is 1. The first kappa shape index (κ1) is 24.4. The first-order valence-corrected chi connectivity index (χ1v) is 12.4. The van der Waals surface area contributed by atoms with Crippen LogP contribution in [0.3, 0.4) is 0 Å². The molecule has 34 heavy (non-hydrogen) atoms. The van der Waals surface area contributed by atoms with Gasteiger partial charge in [-0.2, -0.15) is 0 Å². The van der Waals surface area contributed by atoms with Crippen LogP contribution in [0.2, 0.25) is 0 Å². The third-order valence-corrected chi connectivity index (χ3v) is 7.00. The topological polar surface area (TPSA) is 68.1 Å². The number of ether oxygens (including phenoxy) is 2. The average molecular weight is 462 g/mol. The highest BCUT2D eigenvalue weighted by Crippen LogP contribution is 2.39. The van der Waals surface area contributed by atoms with E-state index in [0.717, 1.165) is 60.9 Å². The van der Waals surface area contributed by atoms with Crippen molar-refractivity contribution in [1.82, 2.24) is 0 Å². The van der Waals surface area contributed by atoms with E-state index in [0.29, 0.717) is 18.1 Å². The van der Waals surface area contributed by atoms with Crippen LogP contribution < -0.4 is 0 Å². The van der Waals surface area contributed by atoms with Crippen LogP contribution in [0.1, 0.15) is 61.4 Å². The van der Waals surface area contributed by atoms with Gasteiger partial charge in [0.2, 0.25) is 0 Å². The molecule has 2 aromatic carbocycles. The summed E-state index contributed by atoms with van der Waals surface area (Å²) in [6, 6.07) is 15.7. The van der Waals surface area contributed by atoms with Gasteiger partial charge in [0.25, 0.3) is 0 Å². The number of benzene rings is 2. The highest BCUT2D eigenvalue weighted by Gasteiger charge is 2.33. The van der Waals surface area contributed by atoms with Crippen molar-refractivity contribution in [1.29, 1.82) is 0 Å². The molecule has 180 valence electrons. The molecule has 0 aromatic heterocycles. The fourth-order valence-corrected chi connectivity index (χ4v) is 5.02. The van der Waals surface area contributed by atoms with Gasteiger partial charge in [-0.05, 0) is 59.9 Å². The zero-order chi connectivity index (χ0) is 23.9. The molecule has 0 saturated carbocycles. The molecule has 1 heterocycles. The molecular weight excluding hydrogens is 426 g/mol. The van der Waals surface area contributed by atoms with Gasteiger partial charge in [-0.25, -0.2) is 4.79 Å². The summed E-state index contributed by atoms with van der Waals surface area (Å²) in [7, 11) is 1.40. The highest BCUT2D eigenvalue weighted by molar-refractivity contribution is 5.97. The van der Waals surface area contributed by atoms with Gasteiger partial charge in [-0.15, -0.1) is 0 Å². The molecule has 0 radical (unpaired) electrons. The molecule has 0 saturated heterocycles. The summed E-state index contributed by atoms with van der Waals surface area (Å²) in [5, 5.41) is 9.74.